The fraction of sp³-hybridized carbons (Fsp3) is 0.235. The van der Waals surface area contributed by atoms with Crippen LogP contribution in [0.15, 0.2) is 53.4 Å². The predicted octanol–water partition coefficient (Wildman–Crippen LogP) is 1.14. The van der Waals surface area contributed by atoms with Crippen LogP contribution in [0.5, 0.6) is 0 Å². The van der Waals surface area contributed by atoms with Gasteiger partial charge in [0, 0.05) is 6.26 Å². The molecule has 1 atom stereocenters. The third-order valence-electron chi connectivity index (χ3n) is 3.81. The van der Waals surface area contributed by atoms with Crippen LogP contribution >= 0.6 is 0 Å². The standard InChI is InChI=1S/C17H18N4O4S/c1-12(13-6-4-3-5-7-13)18-17(22)11-25-21-16-10-14(26(2,23)24)8-9-15(16)19-20-21/h3-10,12H,11H2,1-2H3,(H,18,22)/t12-/m1/s1. The van der Waals surface area contributed by atoms with Crippen molar-refractivity contribution < 1.29 is 18.0 Å². The van der Waals surface area contributed by atoms with Crippen LogP contribution < -0.4 is 10.2 Å². The van der Waals surface area contributed by atoms with Gasteiger partial charge in [0.1, 0.15) is 11.0 Å². The largest absolute Gasteiger partial charge is 0.385 e. The summed E-state index contributed by atoms with van der Waals surface area (Å²) in [5, 5.41) is 10.5. The maximum absolute atomic E-state index is 12.1. The number of hydrogen-bond donors (Lipinski definition) is 1. The van der Waals surface area contributed by atoms with Gasteiger partial charge in [-0.2, -0.15) is 0 Å². The second-order valence-electron chi connectivity index (χ2n) is 5.86. The van der Waals surface area contributed by atoms with Crippen LogP contribution in [-0.4, -0.2) is 42.3 Å². The first-order valence-corrected chi connectivity index (χ1v) is 9.77. The van der Waals surface area contributed by atoms with Crippen LogP contribution in [0.25, 0.3) is 11.0 Å². The molecule has 2 aromatic carbocycles. The minimum atomic E-state index is -3.37. The molecule has 0 aliphatic carbocycles. The molecule has 0 aliphatic heterocycles. The number of aromatic nitrogens is 3. The highest BCUT2D eigenvalue weighted by molar-refractivity contribution is 7.90. The molecule has 3 rings (SSSR count). The van der Waals surface area contributed by atoms with E-state index in [1.165, 1.54) is 18.2 Å². The van der Waals surface area contributed by atoms with Crippen LogP contribution in [0.1, 0.15) is 18.5 Å². The molecule has 3 aromatic rings. The first-order valence-electron chi connectivity index (χ1n) is 7.88. The fourth-order valence-corrected chi connectivity index (χ4v) is 3.07. The molecule has 26 heavy (non-hydrogen) atoms. The summed E-state index contributed by atoms with van der Waals surface area (Å²) in [6, 6.07) is 13.8. The van der Waals surface area contributed by atoms with E-state index in [1.54, 1.807) is 0 Å². The number of hydrogen-bond acceptors (Lipinski definition) is 6. The second-order valence-corrected chi connectivity index (χ2v) is 7.87. The van der Waals surface area contributed by atoms with Gasteiger partial charge in [-0.15, -0.1) is 5.10 Å². The summed E-state index contributed by atoms with van der Waals surface area (Å²) in [6.45, 7) is 1.59. The van der Waals surface area contributed by atoms with Crippen molar-refractivity contribution in [2.24, 2.45) is 0 Å². The van der Waals surface area contributed by atoms with Crippen molar-refractivity contribution in [1.29, 1.82) is 0 Å². The summed E-state index contributed by atoms with van der Waals surface area (Å²) in [5.74, 6) is -0.329. The van der Waals surface area contributed by atoms with Gasteiger partial charge >= 0.3 is 0 Å². The first kappa shape index (κ1) is 17.9. The second kappa shape index (κ2) is 7.12. The highest BCUT2D eigenvalue weighted by Crippen LogP contribution is 2.16. The Hall–Kier alpha value is -2.94. The summed E-state index contributed by atoms with van der Waals surface area (Å²) in [6.07, 6.45) is 1.11. The Labute approximate surface area is 150 Å². The van der Waals surface area contributed by atoms with E-state index in [0.29, 0.717) is 11.0 Å². The Morgan fingerprint density at radius 3 is 2.65 bits per heavy atom. The molecular formula is C17H18N4O4S. The zero-order chi connectivity index (χ0) is 18.7. The van der Waals surface area contributed by atoms with E-state index in [2.05, 4.69) is 15.6 Å². The van der Waals surface area contributed by atoms with E-state index >= 15 is 0 Å². The molecule has 0 aliphatic rings. The Morgan fingerprint density at radius 1 is 1.23 bits per heavy atom. The lowest BCUT2D eigenvalue weighted by Gasteiger charge is -2.14. The van der Waals surface area contributed by atoms with Crippen molar-refractivity contribution in [3.05, 3.63) is 54.1 Å². The van der Waals surface area contributed by atoms with Crippen molar-refractivity contribution in [2.75, 3.05) is 12.9 Å². The highest BCUT2D eigenvalue weighted by atomic mass is 32.2. The van der Waals surface area contributed by atoms with E-state index in [4.69, 9.17) is 4.84 Å². The molecule has 0 saturated heterocycles. The Balaban J connectivity index is 1.68. The van der Waals surface area contributed by atoms with Crippen LogP contribution in [-0.2, 0) is 14.6 Å². The predicted molar refractivity (Wildman–Crippen MR) is 95.1 cm³/mol. The average Bonchev–Trinajstić information content (AvgIpc) is 3.02. The SMILES string of the molecule is C[C@@H](NC(=O)COn1nnc2ccc(S(C)(=O)=O)cc21)c1ccccc1. The van der Waals surface area contributed by atoms with Crippen LogP contribution in [0.4, 0.5) is 0 Å². The molecule has 0 saturated carbocycles. The number of sulfone groups is 1. The molecule has 1 aromatic heterocycles. The van der Waals surface area contributed by atoms with Gasteiger partial charge in [0.05, 0.1) is 10.9 Å². The highest BCUT2D eigenvalue weighted by Gasteiger charge is 2.14. The number of benzene rings is 2. The molecule has 0 unspecified atom stereocenters. The van der Waals surface area contributed by atoms with E-state index in [1.807, 2.05) is 37.3 Å². The lowest BCUT2D eigenvalue weighted by atomic mass is 10.1. The molecule has 1 amide bonds. The Bertz CT molecular complexity index is 1030. The fourth-order valence-electron chi connectivity index (χ4n) is 2.43. The zero-order valence-corrected chi connectivity index (χ0v) is 15.1. The molecule has 136 valence electrons. The maximum atomic E-state index is 12.1. The Morgan fingerprint density at radius 2 is 1.96 bits per heavy atom. The number of rotatable bonds is 6. The van der Waals surface area contributed by atoms with E-state index < -0.39 is 9.84 Å². The van der Waals surface area contributed by atoms with Gasteiger partial charge in [-0.3, -0.25) is 4.79 Å². The van der Waals surface area contributed by atoms with E-state index in [9.17, 15) is 13.2 Å². The van der Waals surface area contributed by atoms with Crippen molar-refractivity contribution in [1.82, 2.24) is 20.5 Å². The van der Waals surface area contributed by atoms with Crippen LogP contribution in [0.3, 0.4) is 0 Å². The van der Waals surface area contributed by atoms with Crippen LogP contribution in [0.2, 0.25) is 0 Å². The number of nitrogens with one attached hydrogen (secondary N) is 1. The lowest BCUT2D eigenvalue weighted by Crippen LogP contribution is -2.33. The number of carbonyl (C=O) groups excluding carboxylic acids is 1. The summed E-state index contributed by atoms with van der Waals surface area (Å²) in [7, 11) is -3.37. The topological polar surface area (TPSA) is 103 Å². The third kappa shape index (κ3) is 3.99. The first-order chi connectivity index (χ1) is 12.3. The molecule has 0 radical (unpaired) electrons. The van der Waals surface area contributed by atoms with Crippen molar-refractivity contribution in [2.45, 2.75) is 17.9 Å². The quantitative estimate of drug-likeness (QED) is 0.694. The smallest absolute Gasteiger partial charge is 0.261 e. The van der Waals surface area contributed by atoms with Gasteiger partial charge in [-0.1, -0.05) is 35.2 Å². The van der Waals surface area contributed by atoms with Gasteiger partial charge in [0.25, 0.3) is 5.91 Å². The van der Waals surface area contributed by atoms with Crippen molar-refractivity contribution >= 4 is 26.8 Å². The van der Waals surface area contributed by atoms with E-state index in [-0.39, 0.29) is 23.5 Å². The molecule has 0 spiro atoms. The Kier molecular flexibility index (Phi) is 4.90. The summed E-state index contributed by atoms with van der Waals surface area (Å²) < 4.78 is 23.4. The molecular weight excluding hydrogens is 356 g/mol. The summed E-state index contributed by atoms with van der Waals surface area (Å²) >= 11 is 0. The average molecular weight is 374 g/mol. The van der Waals surface area contributed by atoms with Crippen molar-refractivity contribution in [3.8, 4) is 0 Å². The van der Waals surface area contributed by atoms with Gasteiger partial charge in [-0.05, 0) is 35.9 Å². The zero-order valence-electron chi connectivity index (χ0n) is 14.3. The molecule has 1 heterocycles. The van der Waals surface area contributed by atoms with Gasteiger partial charge in [0.15, 0.2) is 16.4 Å². The normalized spacial score (nSPS) is 12.7. The van der Waals surface area contributed by atoms with Gasteiger partial charge in [0.2, 0.25) is 0 Å². The van der Waals surface area contributed by atoms with E-state index in [0.717, 1.165) is 16.7 Å². The number of carbonyl (C=O) groups is 1. The molecule has 0 bridgehead atoms. The minimum absolute atomic E-state index is 0.124. The summed E-state index contributed by atoms with van der Waals surface area (Å²) in [4.78, 5) is 18.6. The number of fused-ring (bicyclic) bond motifs is 1. The molecule has 0 fully saturated rings. The third-order valence-corrected chi connectivity index (χ3v) is 4.92. The van der Waals surface area contributed by atoms with Gasteiger partial charge < -0.3 is 10.2 Å². The number of amides is 1. The van der Waals surface area contributed by atoms with Crippen molar-refractivity contribution in [3.63, 3.8) is 0 Å². The molecule has 1 N–H and O–H groups in total. The maximum Gasteiger partial charge on any atom is 0.261 e. The monoisotopic (exact) mass is 374 g/mol. The minimum Gasteiger partial charge on any atom is -0.385 e. The lowest BCUT2D eigenvalue weighted by molar-refractivity contribution is -0.127. The number of nitrogens with zero attached hydrogens (tertiary/aromatic N) is 3. The van der Waals surface area contributed by atoms with Gasteiger partial charge in [-0.25, -0.2) is 8.42 Å². The molecule has 8 nitrogen and oxygen atoms in total. The van der Waals surface area contributed by atoms with Crippen LogP contribution in [0, 0.1) is 0 Å². The summed E-state index contributed by atoms with van der Waals surface area (Å²) in [5.41, 5.74) is 1.82. The molecule has 9 heteroatoms.